The molecule has 0 spiro atoms. The van der Waals surface area contributed by atoms with E-state index in [9.17, 15) is 4.79 Å². The molecule has 2 fully saturated rings. The number of hydrogen-bond acceptors (Lipinski definition) is 4. The summed E-state index contributed by atoms with van der Waals surface area (Å²) in [7, 11) is 0. The summed E-state index contributed by atoms with van der Waals surface area (Å²) < 4.78 is 7.45. The van der Waals surface area contributed by atoms with Crippen molar-refractivity contribution in [2.75, 3.05) is 45.9 Å². The first kappa shape index (κ1) is 27.1. The van der Waals surface area contributed by atoms with Crippen molar-refractivity contribution in [1.82, 2.24) is 20.1 Å². The van der Waals surface area contributed by atoms with Gasteiger partial charge in [0.1, 0.15) is 0 Å². The third-order valence-corrected chi connectivity index (χ3v) is 6.71. The maximum Gasteiger partial charge on any atom is 0.250 e. The highest BCUT2D eigenvalue weighted by Crippen LogP contribution is 2.34. The summed E-state index contributed by atoms with van der Waals surface area (Å²) in [6.45, 7) is 11.2. The first-order chi connectivity index (χ1) is 15.1. The van der Waals surface area contributed by atoms with Crippen molar-refractivity contribution < 1.29 is 4.74 Å². The highest BCUT2D eigenvalue weighted by molar-refractivity contribution is 14.0. The molecule has 1 aromatic rings. The van der Waals surface area contributed by atoms with Crippen LogP contribution in [0.1, 0.15) is 57.6 Å². The summed E-state index contributed by atoms with van der Waals surface area (Å²) in [5, 5.41) is 6.91. The van der Waals surface area contributed by atoms with E-state index in [1.165, 1.54) is 32.1 Å². The number of nitrogens with zero attached hydrogens (tertiary/aromatic N) is 3. The summed E-state index contributed by atoms with van der Waals surface area (Å²) in [6.07, 6.45) is 8.39. The average Bonchev–Trinajstić information content (AvgIpc) is 2.80. The summed E-state index contributed by atoms with van der Waals surface area (Å²) in [6, 6.07) is 5.45. The molecular formula is C24H42IN5O2. The number of halogens is 1. The van der Waals surface area contributed by atoms with Crippen LogP contribution in [0.3, 0.4) is 0 Å². The number of pyridine rings is 1. The van der Waals surface area contributed by atoms with E-state index in [4.69, 9.17) is 9.73 Å². The molecule has 7 nitrogen and oxygen atoms in total. The highest BCUT2D eigenvalue weighted by atomic mass is 127. The molecule has 2 N–H and O–H groups in total. The van der Waals surface area contributed by atoms with Gasteiger partial charge in [0, 0.05) is 50.0 Å². The van der Waals surface area contributed by atoms with Crippen LogP contribution in [0.15, 0.2) is 28.0 Å². The van der Waals surface area contributed by atoms with Crippen LogP contribution in [-0.4, -0.2) is 66.9 Å². The molecule has 1 saturated carbocycles. The molecule has 1 saturated heterocycles. The Morgan fingerprint density at radius 2 is 1.88 bits per heavy atom. The minimum absolute atomic E-state index is 0. The summed E-state index contributed by atoms with van der Waals surface area (Å²) in [5.74, 6) is 0.911. The molecular weight excluding hydrogens is 517 g/mol. The third-order valence-electron chi connectivity index (χ3n) is 6.71. The lowest BCUT2D eigenvalue weighted by atomic mass is 9.80. The first-order valence-electron chi connectivity index (χ1n) is 12.2. The molecule has 182 valence electrons. The van der Waals surface area contributed by atoms with Crippen LogP contribution in [0.4, 0.5) is 0 Å². The molecule has 0 aromatic carbocycles. The Morgan fingerprint density at radius 3 is 2.56 bits per heavy atom. The van der Waals surface area contributed by atoms with Gasteiger partial charge in [-0.2, -0.15) is 0 Å². The number of hydrogen-bond donors (Lipinski definition) is 2. The summed E-state index contributed by atoms with van der Waals surface area (Å²) >= 11 is 0. The molecule has 1 aromatic heterocycles. The van der Waals surface area contributed by atoms with Crippen LogP contribution in [-0.2, 0) is 11.3 Å². The first-order valence-corrected chi connectivity index (χ1v) is 12.2. The van der Waals surface area contributed by atoms with Gasteiger partial charge < -0.3 is 19.9 Å². The topological polar surface area (TPSA) is 70.9 Å². The monoisotopic (exact) mass is 559 g/mol. The molecule has 0 unspecified atom stereocenters. The maximum absolute atomic E-state index is 12.0. The third kappa shape index (κ3) is 7.73. The smallest absolute Gasteiger partial charge is 0.250 e. The van der Waals surface area contributed by atoms with Crippen LogP contribution in [0.25, 0.3) is 0 Å². The fraction of sp³-hybridized carbons (Fsp3) is 0.750. The van der Waals surface area contributed by atoms with Gasteiger partial charge in [0.25, 0.3) is 5.56 Å². The molecule has 0 amide bonds. The Kier molecular flexibility index (Phi) is 12.0. The van der Waals surface area contributed by atoms with E-state index >= 15 is 0 Å². The number of morpholine rings is 1. The Bertz CT molecular complexity index is 755. The van der Waals surface area contributed by atoms with Gasteiger partial charge in [-0.3, -0.25) is 14.7 Å². The molecule has 2 heterocycles. The quantitative estimate of drug-likeness (QED) is 0.211. The Hall–Kier alpha value is -1.13. The molecule has 1 aliphatic heterocycles. The van der Waals surface area contributed by atoms with E-state index in [1.54, 1.807) is 6.07 Å². The second-order valence-electron chi connectivity index (χ2n) is 8.87. The largest absolute Gasteiger partial charge is 0.379 e. The standard InChI is InChI=1S/C24H41N5O2.HI/c1-3-25-23(26-14-7-8-15-29-21(2)10-9-11-22(29)30)27-20-24(12-5-4-6-13-24)28-16-18-31-19-17-28;/h9-11H,3-8,12-20H2,1-2H3,(H2,25,26,27);1H. The van der Waals surface area contributed by atoms with Crippen LogP contribution < -0.4 is 16.2 Å². The van der Waals surface area contributed by atoms with Crippen molar-refractivity contribution in [2.45, 2.75) is 70.9 Å². The lowest BCUT2D eigenvalue weighted by molar-refractivity contribution is -0.0333. The number of aliphatic imine (C=N–C) groups is 1. The van der Waals surface area contributed by atoms with Gasteiger partial charge in [0.15, 0.2) is 5.96 Å². The van der Waals surface area contributed by atoms with Crippen LogP contribution in [0, 0.1) is 6.92 Å². The SMILES string of the molecule is CCNC(=NCC1(N2CCOCC2)CCCCC1)NCCCCn1c(C)cccc1=O.I. The number of guanidine groups is 1. The minimum atomic E-state index is 0. The second kappa shape index (κ2) is 14.2. The normalized spacial score (nSPS) is 19.2. The zero-order chi connectivity index (χ0) is 21.9. The number of aromatic nitrogens is 1. The van der Waals surface area contributed by atoms with Gasteiger partial charge in [-0.25, -0.2) is 0 Å². The highest BCUT2D eigenvalue weighted by Gasteiger charge is 2.38. The van der Waals surface area contributed by atoms with Crippen molar-refractivity contribution in [1.29, 1.82) is 0 Å². The number of rotatable bonds is 9. The predicted molar refractivity (Wildman–Crippen MR) is 142 cm³/mol. The average molecular weight is 560 g/mol. The lowest BCUT2D eigenvalue weighted by Gasteiger charge is -2.47. The molecule has 2 aliphatic rings. The van der Waals surface area contributed by atoms with Gasteiger partial charge in [-0.15, -0.1) is 24.0 Å². The van der Waals surface area contributed by atoms with Gasteiger partial charge >= 0.3 is 0 Å². The zero-order valence-corrected chi connectivity index (χ0v) is 22.2. The summed E-state index contributed by atoms with van der Waals surface area (Å²) in [4.78, 5) is 19.7. The van der Waals surface area contributed by atoms with E-state index in [2.05, 4.69) is 22.5 Å². The maximum atomic E-state index is 12.0. The van der Waals surface area contributed by atoms with Crippen molar-refractivity contribution in [3.8, 4) is 0 Å². The second-order valence-corrected chi connectivity index (χ2v) is 8.87. The molecule has 8 heteroatoms. The van der Waals surface area contributed by atoms with E-state index in [0.29, 0.717) is 0 Å². The number of aryl methyl sites for hydroxylation is 1. The molecule has 0 bridgehead atoms. The van der Waals surface area contributed by atoms with E-state index in [0.717, 1.165) is 77.0 Å². The molecule has 3 rings (SSSR count). The van der Waals surface area contributed by atoms with Gasteiger partial charge in [0.05, 0.1) is 19.8 Å². The van der Waals surface area contributed by atoms with Crippen molar-refractivity contribution >= 4 is 29.9 Å². The van der Waals surface area contributed by atoms with Crippen molar-refractivity contribution in [3.05, 3.63) is 34.2 Å². The number of nitrogens with one attached hydrogen (secondary N) is 2. The van der Waals surface area contributed by atoms with E-state index in [-0.39, 0.29) is 35.1 Å². The van der Waals surface area contributed by atoms with E-state index in [1.807, 2.05) is 23.6 Å². The molecule has 32 heavy (non-hydrogen) atoms. The zero-order valence-electron chi connectivity index (χ0n) is 19.9. The van der Waals surface area contributed by atoms with E-state index < -0.39 is 0 Å². The number of ether oxygens (including phenoxy) is 1. The molecule has 0 radical (unpaired) electrons. The molecule has 1 aliphatic carbocycles. The predicted octanol–water partition coefficient (Wildman–Crippen LogP) is 3.15. The van der Waals surface area contributed by atoms with Gasteiger partial charge in [-0.05, 0) is 45.6 Å². The van der Waals surface area contributed by atoms with Crippen molar-refractivity contribution in [3.63, 3.8) is 0 Å². The Morgan fingerprint density at radius 1 is 1.12 bits per heavy atom. The van der Waals surface area contributed by atoms with Gasteiger partial charge in [0.2, 0.25) is 0 Å². The minimum Gasteiger partial charge on any atom is -0.379 e. The summed E-state index contributed by atoms with van der Waals surface area (Å²) in [5.41, 5.74) is 1.30. The van der Waals surface area contributed by atoms with Crippen LogP contribution in [0.5, 0.6) is 0 Å². The Labute approximate surface area is 210 Å². The fourth-order valence-electron chi connectivity index (χ4n) is 4.90. The van der Waals surface area contributed by atoms with Gasteiger partial charge in [-0.1, -0.05) is 25.3 Å². The van der Waals surface area contributed by atoms with Crippen LogP contribution >= 0.6 is 24.0 Å². The van der Waals surface area contributed by atoms with Crippen LogP contribution in [0.2, 0.25) is 0 Å². The van der Waals surface area contributed by atoms with Crippen molar-refractivity contribution in [2.24, 2.45) is 4.99 Å². The fourth-order valence-corrected chi connectivity index (χ4v) is 4.90. The lowest BCUT2D eigenvalue weighted by Crippen LogP contribution is -2.56. The number of unbranched alkanes of at least 4 members (excludes halogenated alkanes) is 1. The Balaban J connectivity index is 0.00000363. The molecule has 0 atom stereocenters.